The molecule has 1 atom stereocenters. The van der Waals surface area contributed by atoms with Crippen molar-refractivity contribution in [1.29, 1.82) is 0 Å². The van der Waals surface area contributed by atoms with Gasteiger partial charge < -0.3 is 5.73 Å². The first-order valence-electron chi connectivity index (χ1n) is 1.73. The van der Waals surface area contributed by atoms with Gasteiger partial charge in [-0.15, -0.1) is 12.6 Å². The average Bonchev–Trinajstić information content (AvgIpc) is 1.65. The quantitative estimate of drug-likeness (QED) is 0.549. The molecule has 0 heterocycles. The van der Waals surface area contributed by atoms with Gasteiger partial charge in [0.15, 0.2) is 5.12 Å². The summed E-state index contributed by atoms with van der Waals surface area (Å²) in [5.41, 5.74) is 6.77. The number of rotatable bonds is 2. The van der Waals surface area contributed by atoms with E-state index in [0.717, 1.165) is 0 Å². The summed E-state index contributed by atoms with van der Waals surface area (Å²) in [5.74, 6) is 0.252. The third-order valence-electron chi connectivity index (χ3n) is 0.481. The van der Waals surface area contributed by atoms with E-state index < -0.39 is 11.2 Å². The zero-order chi connectivity index (χ0) is 5.86. The van der Waals surface area contributed by atoms with Crippen LogP contribution in [-0.2, 0) is 4.79 Å². The van der Waals surface area contributed by atoms with Gasteiger partial charge in [0.25, 0.3) is 0 Å². The molecule has 0 unspecified atom stereocenters. The third-order valence-corrected chi connectivity index (χ3v) is 1.16. The molecular weight excluding hydrogens is 263 g/mol. The van der Waals surface area contributed by atoms with Gasteiger partial charge in [-0.25, -0.2) is 0 Å². The molecule has 0 aromatic rings. The monoisotopic (exact) mass is 269 g/mol. The Bertz CT molecular complexity index is 79.7. The minimum Gasteiger partial charge on any atom is -0.667 e. The second-order valence-corrected chi connectivity index (χ2v) is 1.88. The van der Waals surface area contributed by atoms with Crippen molar-refractivity contribution in [2.75, 3.05) is 5.75 Å². The van der Waals surface area contributed by atoms with Gasteiger partial charge >= 0.3 is 68.9 Å². The molecule has 0 amide bonds. The number of thiol groups is 2. The third kappa shape index (κ3) is 6.50. The molecule has 0 aromatic heterocycles. The Morgan fingerprint density at radius 3 is 2.12 bits per heavy atom. The zero-order valence-electron chi connectivity index (χ0n) is 4.59. The van der Waals surface area contributed by atoms with Crippen LogP contribution in [0.3, 0.4) is 0 Å². The normalized spacial score (nSPS) is 11.9. The van der Waals surface area contributed by atoms with Crippen LogP contribution in [0.15, 0.2) is 0 Å². The molecule has 0 saturated carbocycles. The first-order chi connectivity index (χ1) is 3.18. The Morgan fingerprint density at radius 2 is 2.12 bits per heavy atom. The summed E-state index contributed by atoms with van der Waals surface area (Å²) in [4.78, 5) is 10.0. The molecule has 0 bridgehead atoms. The van der Waals surface area contributed by atoms with Gasteiger partial charge in [-0.2, -0.15) is 12.6 Å². The minimum atomic E-state index is -0.758. The maximum absolute atomic E-state index is 10.0. The van der Waals surface area contributed by atoms with Crippen LogP contribution in [0, 0.1) is 0 Å². The number of nitrogens with one attached hydrogen (secondary N) is 1. The molecule has 0 aliphatic heterocycles. The maximum Gasteiger partial charge on any atom is 1.00 e. The number of carbonyl (C=O) groups is 1. The Morgan fingerprint density at radius 1 is 1.75 bits per heavy atom. The summed E-state index contributed by atoms with van der Waals surface area (Å²) < 4.78 is 0. The van der Waals surface area contributed by atoms with Gasteiger partial charge in [0.05, 0.1) is 0 Å². The Labute approximate surface area is 119 Å². The van der Waals surface area contributed by atoms with Crippen LogP contribution in [0.25, 0.3) is 5.73 Å². The summed E-state index contributed by atoms with van der Waals surface area (Å²) in [7, 11) is 0. The van der Waals surface area contributed by atoms with Crippen molar-refractivity contribution in [2.45, 2.75) is 6.04 Å². The van der Waals surface area contributed by atoms with Gasteiger partial charge in [0.2, 0.25) is 0 Å². The topological polar surface area (TPSA) is 40.9 Å². The van der Waals surface area contributed by atoms with E-state index in [4.69, 9.17) is 5.73 Å². The molecule has 0 radical (unpaired) electrons. The van der Waals surface area contributed by atoms with Gasteiger partial charge in [-0.05, 0) is 5.75 Å². The van der Waals surface area contributed by atoms with Crippen molar-refractivity contribution >= 4 is 30.4 Å². The van der Waals surface area contributed by atoms with Crippen LogP contribution in [0.2, 0.25) is 0 Å². The van der Waals surface area contributed by atoms with Crippen molar-refractivity contribution in [2.24, 2.45) is 0 Å². The van der Waals surface area contributed by atoms with E-state index in [0.29, 0.717) is 0 Å². The molecular formula is C3H6CsNOS2. The maximum atomic E-state index is 10.0. The largest absolute Gasteiger partial charge is 1.00 e. The molecule has 0 rings (SSSR count). The number of hydrogen-bond acceptors (Lipinski definition) is 2. The van der Waals surface area contributed by atoms with E-state index >= 15 is 0 Å². The SMILES string of the molecule is [Cs+].[NH-][C@@H](CS)C(=O)S. The van der Waals surface area contributed by atoms with Crippen LogP contribution < -0.4 is 68.9 Å². The summed E-state index contributed by atoms with van der Waals surface area (Å²) >= 11 is 7.10. The Kier molecular flexibility index (Phi) is 12.2. The zero-order valence-corrected chi connectivity index (χ0v) is 12.7. The van der Waals surface area contributed by atoms with E-state index in [1.807, 2.05) is 0 Å². The fourth-order valence-corrected chi connectivity index (χ4v) is 0.479. The predicted octanol–water partition coefficient (Wildman–Crippen LogP) is -2.20. The molecule has 0 aromatic carbocycles. The van der Waals surface area contributed by atoms with E-state index in [9.17, 15) is 4.79 Å². The van der Waals surface area contributed by atoms with Gasteiger partial charge in [0, 0.05) is 0 Å². The molecule has 2 nitrogen and oxygen atoms in total. The average molecular weight is 269 g/mol. The standard InChI is InChI=1S/C3H6NOS2.Cs/c4-2(1-6)3(5)7;/h2,4,6H,1H2,(H,5,7);/q-1;+1/t2-;/m0./s1. The van der Waals surface area contributed by atoms with E-state index in [-0.39, 0.29) is 74.6 Å². The van der Waals surface area contributed by atoms with Gasteiger partial charge in [-0.3, -0.25) is 4.79 Å². The summed E-state index contributed by atoms with van der Waals surface area (Å²) in [5, 5.41) is -0.421. The fraction of sp³-hybridized carbons (Fsp3) is 0.667. The Hall–Kier alpha value is 2.38. The van der Waals surface area contributed by atoms with Crippen LogP contribution >= 0.6 is 25.3 Å². The van der Waals surface area contributed by atoms with E-state index in [1.165, 1.54) is 0 Å². The smallest absolute Gasteiger partial charge is 0.667 e. The van der Waals surface area contributed by atoms with Crippen LogP contribution in [0.5, 0.6) is 0 Å². The number of hydrogen-bond donors (Lipinski definition) is 2. The first kappa shape index (κ1) is 13.0. The predicted molar refractivity (Wildman–Crippen MR) is 36.0 cm³/mol. The molecule has 0 fully saturated rings. The van der Waals surface area contributed by atoms with E-state index in [2.05, 4.69) is 25.3 Å². The van der Waals surface area contributed by atoms with E-state index in [1.54, 1.807) is 0 Å². The second-order valence-electron chi connectivity index (χ2n) is 1.07. The molecule has 0 spiro atoms. The second kappa shape index (κ2) is 7.49. The molecule has 8 heavy (non-hydrogen) atoms. The molecule has 1 N–H and O–H groups in total. The fourth-order valence-electron chi connectivity index (χ4n) is 0.0781. The van der Waals surface area contributed by atoms with Crippen molar-refractivity contribution in [3.8, 4) is 0 Å². The summed E-state index contributed by atoms with van der Waals surface area (Å²) in [6, 6.07) is -0.758. The van der Waals surface area contributed by atoms with Crippen molar-refractivity contribution < 1.29 is 73.7 Å². The van der Waals surface area contributed by atoms with Crippen molar-refractivity contribution in [3.63, 3.8) is 0 Å². The Balaban J connectivity index is 0. The van der Waals surface area contributed by atoms with Crippen LogP contribution in [0.1, 0.15) is 0 Å². The van der Waals surface area contributed by atoms with Crippen LogP contribution in [0.4, 0.5) is 0 Å². The van der Waals surface area contributed by atoms with Crippen molar-refractivity contribution in [3.05, 3.63) is 5.73 Å². The molecule has 0 aliphatic rings. The molecule has 5 heteroatoms. The van der Waals surface area contributed by atoms with Gasteiger partial charge in [0.1, 0.15) is 0 Å². The molecule has 0 saturated heterocycles. The minimum absolute atomic E-state index is 0. The molecule has 0 aliphatic carbocycles. The number of carbonyl (C=O) groups excluding carboxylic acids is 1. The van der Waals surface area contributed by atoms with Crippen molar-refractivity contribution in [1.82, 2.24) is 0 Å². The van der Waals surface area contributed by atoms with Gasteiger partial charge in [-0.1, -0.05) is 6.04 Å². The summed E-state index contributed by atoms with van der Waals surface area (Å²) in [6.07, 6.45) is 0. The first-order valence-corrected chi connectivity index (χ1v) is 2.81. The summed E-state index contributed by atoms with van der Waals surface area (Å²) in [6.45, 7) is 0. The van der Waals surface area contributed by atoms with Crippen LogP contribution in [-0.4, -0.2) is 16.9 Å². The molecule has 42 valence electrons.